The van der Waals surface area contributed by atoms with E-state index in [9.17, 15) is 9.59 Å². The van der Waals surface area contributed by atoms with Crippen molar-refractivity contribution in [2.75, 3.05) is 10.6 Å². The lowest BCUT2D eigenvalue weighted by Crippen LogP contribution is -2.09. The molecule has 0 atom stereocenters. The van der Waals surface area contributed by atoms with E-state index in [1.54, 1.807) is 54.6 Å². The van der Waals surface area contributed by atoms with Gasteiger partial charge in [0.25, 0.3) is 0 Å². The van der Waals surface area contributed by atoms with Crippen molar-refractivity contribution in [2.45, 2.75) is 6.92 Å². The van der Waals surface area contributed by atoms with Gasteiger partial charge in [-0.1, -0.05) is 39.1 Å². The summed E-state index contributed by atoms with van der Waals surface area (Å²) in [6, 6.07) is 15.2. The van der Waals surface area contributed by atoms with Gasteiger partial charge < -0.3 is 10.4 Å². The number of carboxylic acid groups (broad SMARTS) is 1. The van der Waals surface area contributed by atoms with Crippen LogP contribution in [0, 0.1) is 6.92 Å². The van der Waals surface area contributed by atoms with E-state index in [2.05, 4.69) is 26.6 Å². The van der Waals surface area contributed by atoms with Gasteiger partial charge in [0.15, 0.2) is 5.78 Å². The number of benzene rings is 3. The molecule has 29 heavy (non-hydrogen) atoms. The van der Waals surface area contributed by atoms with E-state index < -0.39 is 6.09 Å². The van der Waals surface area contributed by atoms with Crippen LogP contribution in [-0.4, -0.2) is 17.0 Å². The Balaban J connectivity index is 1.89. The molecule has 0 radical (unpaired) electrons. The lowest BCUT2D eigenvalue weighted by Gasteiger charge is -2.14. The summed E-state index contributed by atoms with van der Waals surface area (Å²) in [5.74, 6) is -0.201. The van der Waals surface area contributed by atoms with E-state index >= 15 is 0 Å². The Morgan fingerprint density at radius 2 is 1.66 bits per heavy atom. The molecule has 5 nitrogen and oxygen atoms in total. The second-order valence-electron chi connectivity index (χ2n) is 6.23. The third kappa shape index (κ3) is 5.09. The molecule has 0 aromatic heterocycles. The van der Waals surface area contributed by atoms with Crippen molar-refractivity contribution in [2.24, 2.45) is 0 Å². The molecule has 1 amide bonds. The van der Waals surface area contributed by atoms with Crippen LogP contribution in [0.4, 0.5) is 21.9 Å². The average molecular weight is 494 g/mol. The summed E-state index contributed by atoms with van der Waals surface area (Å²) < 4.78 is 0.726. The van der Waals surface area contributed by atoms with Crippen LogP contribution < -0.4 is 10.6 Å². The molecule has 0 aliphatic carbocycles. The van der Waals surface area contributed by atoms with Crippen LogP contribution in [-0.2, 0) is 0 Å². The van der Waals surface area contributed by atoms with E-state index in [4.69, 9.17) is 28.3 Å². The van der Waals surface area contributed by atoms with Gasteiger partial charge in [0, 0.05) is 26.3 Å². The summed E-state index contributed by atoms with van der Waals surface area (Å²) in [6.07, 6.45) is -1.18. The number of nitrogens with one attached hydrogen (secondary N) is 2. The summed E-state index contributed by atoms with van der Waals surface area (Å²) >= 11 is 15.6. The Hall–Kier alpha value is -2.54. The van der Waals surface area contributed by atoms with E-state index in [0.717, 1.165) is 10.0 Å². The maximum absolute atomic E-state index is 12.9. The van der Waals surface area contributed by atoms with Crippen LogP contribution in [0.15, 0.2) is 59.1 Å². The molecule has 0 fully saturated rings. The first-order valence-electron chi connectivity index (χ1n) is 8.41. The molecule has 3 aromatic carbocycles. The standard InChI is InChI=1S/C21H15BrCl2N2O3/c1-11-8-13(23)3-5-15(11)20(27)16-6-4-14(10-17(16)24)25-18-7-2-12(22)9-19(18)26-21(28)29/h2-10,25-26H,1H3,(H,28,29). The van der Waals surface area contributed by atoms with Gasteiger partial charge in [-0.05, 0) is 67.1 Å². The Kier molecular flexibility index (Phi) is 6.47. The fourth-order valence-electron chi connectivity index (χ4n) is 2.80. The van der Waals surface area contributed by atoms with Gasteiger partial charge in [-0.2, -0.15) is 0 Å². The Labute approximate surface area is 185 Å². The molecule has 8 heteroatoms. The zero-order valence-corrected chi connectivity index (χ0v) is 18.2. The number of anilines is 3. The third-order valence-corrected chi connectivity index (χ3v) is 5.19. The smallest absolute Gasteiger partial charge is 0.409 e. The molecule has 0 saturated heterocycles. The highest BCUT2D eigenvalue weighted by Gasteiger charge is 2.16. The second kappa shape index (κ2) is 8.86. The molecular formula is C21H15BrCl2N2O3. The van der Waals surface area contributed by atoms with Crippen molar-refractivity contribution >= 4 is 68.1 Å². The molecule has 0 bridgehead atoms. The Morgan fingerprint density at radius 3 is 2.31 bits per heavy atom. The highest BCUT2D eigenvalue weighted by molar-refractivity contribution is 9.10. The molecule has 0 aliphatic rings. The number of aryl methyl sites for hydroxylation is 1. The SMILES string of the molecule is Cc1cc(Cl)ccc1C(=O)c1ccc(Nc2ccc(Br)cc2NC(=O)O)cc1Cl. The van der Waals surface area contributed by atoms with Crippen LogP contribution in [0.25, 0.3) is 0 Å². The van der Waals surface area contributed by atoms with E-state index in [0.29, 0.717) is 33.2 Å². The van der Waals surface area contributed by atoms with Crippen LogP contribution in [0.1, 0.15) is 21.5 Å². The summed E-state index contributed by atoms with van der Waals surface area (Å²) in [6.45, 7) is 1.81. The van der Waals surface area contributed by atoms with Gasteiger partial charge in [-0.25, -0.2) is 4.79 Å². The number of hydrogen-bond acceptors (Lipinski definition) is 3. The maximum atomic E-state index is 12.9. The molecule has 0 aliphatic heterocycles. The van der Waals surface area contributed by atoms with Gasteiger partial charge >= 0.3 is 6.09 Å². The van der Waals surface area contributed by atoms with Gasteiger partial charge in [-0.15, -0.1) is 0 Å². The number of ketones is 1. The number of carbonyl (C=O) groups excluding carboxylic acids is 1. The number of hydrogen-bond donors (Lipinski definition) is 3. The summed E-state index contributed by atoms with van der Waals surface area (Å²) in [5, 5.41) is 15.3. The zero-order valence-electron chi connectivity index (χ0n) is 15.1. The zero-order chi connectivity index (χ0) is 21.1. The molecule has 0 heterocycles. The van der Waals surface area contributed by atoms with E-state index in [1.165, 1.54) is 0 Å². The van der Waals surface area contributed by atoms with E-state index in [-0.39, 0.29) is 10.8 Å². The molecule has 0 unspecified atom stereocenters. The van der Waals surface area contributed by atoms with Gasteiger partial charge in [-0.3, -0.25) is 10.1 Å². The normalized spacial score (nSPS) is 10.5. The van der Waals surface area contributed by atoms with Crippen LogP contribution in [0.2, 0.25) is 10.0 Å². The predicted octanol–water partition coefficient (Wildman–Crippen LogP) is 7.13. The minimum atomic E-state index is -1.18. The third-order valence-electron chi connectivity index (χ3n) is 4.15. The second-order valence-corrected chi connectivity index (χ2v) is 7.99. The minimum absolute atomic E-state index is 0.201. The molecular weight excluding hydrogens is 479 g/mol. The predicted molar refractivity (Wildman–Crippen MR) is 120 cm³/mol. The lowest BCUT2D eigenvalue weighted by molar-refractivity contribution is 0.103. The minimum Gasteiger partial charge on any atom is -0.465 e. The van der Waals surface area contributed by atoms with Gasteiger partial charge in [0.2, 0.25) is 0 Å². The number of rotatable bonds is 5. The molecule has 148 valence electrons. The Bertz CT molecular complexity index is 1120. The van der Waals surface area contributed by atoms with Crippen molar-refractivity contribution in [3.8, 4) is 0 Å². The van der Waals surface area contributed by atoms with Crippen molar-refractivity contribution in [3.05, 3.63) is 85.8 Å². The molecule has 0 spiro atoms. The highest BCUT2D eigenvalue weighted by Crippen LogP contribution is 2.31. The Morgan fingerprint density at radius 1 is 0.931 bits per heavy atom. The molecule has 3 N–H and O–H groups in total. The quantitative estimate of drug-likeness (QED) is 0.330. The van der Waals surface area contributed by atoms with Crippen molar-refractivity contribution in [1.82, 2.24) is 0 Å². The number of carbonyl (C=O) groups is 2. The first-order chi connectivity index (χ1) is 13.7. The first-order valence-corrected chi connectivity index (χ1v) is 9.96. The monoisotopic (exact) mass is 492 g/mol. The van der Waals surface area contributed by atoms with Crippen LogP contribution >= 0.6 is 39.1 Å². The van der Waals surface area contributed by atoms with Crippen molar-refractivity contribution < 1.29 is 14.7 Å². The molecule has 0 saturated carbocycles. The topological polar surface area (TPSA) is 78.4 Å². The fraction of sp³-hybridized carbons (Fsp3) is 0.0476. The summed E-state index contributed by atoms with van der Waals surface area (Å²) in [4.78, 5) is 23.9. The molecule has 3 aromatic rings. The van der Waals surface area contributed by atoms with Gasteiger partial charge in [0.05, 0.1) is 16.4 Å². The largest absolute Gasteiger partial charge is 0.465 e. The first kappa shape index (κ1) is 21.2. The fourth-order valence-corrected chi connectivity index (χ4v) is 3.66. The van der Waals surface area contributed by atoms with Gasteiger partial charge in [0.1, 0.15) is 0 Å². The van der Waals surface area contributed by atoms with Crippen LogP contribution in [0.3, 0.4) is 0 Å². The maximum Gasteiger partial charge on any atom is 0.409 e. The van der Waals surface area contributed by atoms with Crippen molar-refractivity contribution in [3.63, 3.8) is 0 Å². The lowest BCUT2D eigenvalue weighted by atomic mass is 9.99. The highest BCUT2D eigenvalue weighted by atomic mass is 79.9. The van der Waals surface area contributed by atoms with Crippen molar-refractivity contribution in [1.29, 1.82) is 0 Å². The molecule has 3 rings (SSSR count). The van der Waals surface area contributed by atoms with Crippen LogP contribution in [0.5, 0.6) is 0 Å². The number of amides is 1. The summed E-state index contributed by atoms with van der Waals surface area (Å²) in [5.41, 5.74) is 3.18. The van der Waals surface area contributed by atoms with E-state index in [1.807, 2.05) is 6.92 Å². The average Bonchev–Trinajstić information content (AvgIpc) is 2.63. The summed E-state index contributed by atoms with van der Waals surface area (Å²) in [7, 11) is 0. The number of halogens is 3.